The summed E-state index contributed by atoms with van der Waals surface area (Å²) in [6.07, 6.45) is -0.153. The molecule has 0 heterocycles. The lowest BCUT2D eigenvalue weighted by Gasteiger charge is -2.13. The van der Waals surface area contributed by atoms with Crippen LogP contribution in [0.25, 0.3) is 0 Å². The van der Waals surface area contributed by atoms with E-state index in [1.807, 2.05) is 19.1 Å². The van der Waals surface area contributed by atoms with Gasteiger partial charge in [-0.25, -0.2) is 4.79 Å². The lowest BCUT2D eigenvalue weighted by Crippen LogP contribution is -2.19. The van der Waals surface area contributed by atoms with Gasteiger partial charge in [-0.05, 0) is 26.3 Å². The molecule has 0 radical (unpaired) electrons. The zero-order chi connectivity index (χ0) is 12.8. The minimum Gasteiger partial charge on any atom is -0.481 e. The second-order valence-corrected chi connectivity index (χ2v) is 4.05. The van der Waals surface area contributed by atoms with Crippen LogP contribution in [0.5, 0.6) is 5.75 Å². The number of esters is 1. The lowest BCUT2D eigenvalue weighted by atomic mass is 10.1. The molecule has 0 bridgehead atoms. The highest BCUT2D eigenvalue weighted by atomic mass is 16.6. The SMILES string of the molecule is Cc1cccc(CO)c1OCC(=O)OC(C)C. The summed E-state index contributed by atoms with van der Waals surface area (Å²) < 4.78 is 10.3. The van der Waals surface area contributed by atoms with Crippen LogP contribution in [0.4, 0.5) is 0 Å². The van der Waals surface area contributed by atoms with E-state index < -0.39 is 5.97 Å². The number of rotatable bonds is 5. The number of carbonyl (C=O) groups is 1. The van der Waals surface area contributed by atoms with Crippen LogP contribution in [0, 0.1) is 6.92 Å². The second-order valence-electron chi connectivity index (χ2n) is 4.05. The lowest BCUT2D eigenvalue weighted by molar-refractivity contribution is -0.149. The molecular weight excluding hydrogens is 220 g/mol. The summed E-state index contributed by atoms with van der Waals surface area (Å²) in [5.74, 6) is 0.142. The van der Waals surface area contributed by atoms with Gasteiger partial charge < -0.3 is 14.6 Å². The number of hydrogen-bond donors (Lipinski definition) is 1. The number of benzene rings is 1. The highest BCUT2D eigenvalue weighted by Gasteiger charge is 2.10. The van der Waals surface area contributed by atoms with Gasteiger partial charge in [0.15, 0.2) is 6.61 Å². The minimum atomic E-state index is -0.410. The number of para-hydroxylation sites is 1. The Labute approximate surface area is 101 Å². The van der Waals surface area contributed by atoms with Gasteiger partial charge in [-0.2, -0.15) is 0 Å². The molecule has 0 unspecified atom stereocenters. The highest BCUT2D eigenvalue weighted by molar-refractivity contribution is 5.71. The predicted molar refractivity (Wildman–Crippen MR) is 63.8 cm³/mol. The van der Waals surface area contributed by atoms with Crippen LogP contribution in [0.1, 0.15) is 25.0 Å². The Bertz CT molecular complexity index is 385. The van der Waals surface area contributed by atoms with Crippen molar-refractivity contribution in [3.05, 3.63) is 29.3 Å². The summed E-state index contributed by atoms with van der Waals surface area (Å²) in [7, 11) is 0. The molecule has 1 aromatic carbocycles. The summed E-state index contributed by atoms with van der Waals surface area (Å²) in [5.41, 5.74) is 1.55. The number of carbonyl (C=O) groups excluding carboxylic acids is 1. The largest absolute Gasteiger partial charge is 0.481 e. The maximum absolute atomic E-state index is 11.3. The average molecular weight is 238 g/mol. The van der Waals surface area contributed by atoms with Gasteiger partial charge in [0.2, 0.25) is 0 Å². The molecule has 0 aliphatic heterocycles. The fourth-order valence-electron chi connectivity index (χ4n) is 1.47. The van der Waals surface area contributed by atoms with Gasteiger partial charge in [-0.1, -0.05) is 18.2 Å². The van der Waals surface area contributed by atoms with Crippen LogP contribution in [0.3, 0.4) is 0 Å². The Hall–Kier alpha value is -1.55. The summed E-state index contributed by atoms with van der Waals surface area (Å²) in [6.45, 7) is 5.17. The van der Waals surface area contributed by atoms with E-state index in [1.54, 1.807) is 19.9 Å². The molecule has 0 aliphatic rings. The van der Waals surface area contributed by atoms with Crippen LogP contribution in [0.15, 0.2) is 18.2 Å². The molecule has 0 aliphatic carbocycles. The molecule has 0 aromatic heterocycles. The van der Waals surface area contributed by atoms with Crippen molar-refractivity contribution in [1.82, 2.24) is 0 Å². The number of aliphatic hydroxyl groups excluding tert-OH is 1. The van der Waals surface area contributed by atoms with Gasteiger partial charge in [0, 0.05) is 5.56 Å². The first kappa shape index (κ1) is 13.5. The molecule has 4 nitrogen and oxygen atoms in total. The van der Waals surface area contributed by atoms with E-state index in [1.165, 1.54) is 0 Å². The zero-order valence-electron chi connectivity index (χ0n) is 10.4. The van der Waals surface area contributed by atoms with Crippen molar-refractivity contribution in [2.75, 3.05) is 6.61 Å². The molecule has 1 rings (SSSR count). The van der Waals surface area contributed by atoms with E-state index in [9.17, 15) is 4.79 Å². The number of aryl methyl sites for hydroxylation is 1. The molecule has 0 amide bonds. The van der Waals surface area contributed by atoms with E-state index in [-0.39, 0.29) is 19.3 Å². The Morgan fingerprint density at radius 1 is 1.41 bits per heavy atom. The van der Waals surface area contributed by atoms with Crippen molar-refractivity contribution in [1.29, 1.82) is 0 Å². The number of aliphatic hydroxyl groups is 1. The van der Waals surface area contributed by atoms with E-state index in [0.29, 0.717) is 11.3 Å². The third-order valence-corrected chi connectivity index (χ3v) is 2.17. The molecule has 4 heteroatoms. The fourth-order valence-corrected chi connectivity index (χ4v) is 1.47. The van der Waals surface area contributed by atoms with E-state index >= 15 is 0 Å². The maximum atomic E-state index is 11.3. The van der Waals surface area contributed by atoms with Gasteiger partial charge in [-0.3, -0.25) is 0 Å². The quantitative estimate of drug-likeness (QED) is 0.795. The monoisotopic (exact) mass is 238 g/mol. The Balaban J connectivity index is 2.65. The van der Waals surface area contributed by atoms with Crippen molar-refractivity contribution in [2.24, 2.45) is 0 Å². The predicted octanol–water partition coefficient (Wildman–Crippen LogP) is 1.82. The summed E-state index contributed by atoms with van der Waals surface area (Å²) in [5, 5.41) is 9.16. The van der Waals surface area contributed by atoms with E-state index in [4.69, 9.17) is 14.6 Å². The first-order valence-electron chi connectivity index (χ1n) is 5.56. The van der Waals surface area contributed by atoms with Crippen LogP contribution in [-0.2, 0) is 16.1 Å². The molecule has 1 aromatic rings. The molecule has 1 N–H and O–H groups in total. The molecule has 0 saturated heterocycles. The van der Waals surface area contributed by atoms with Crippen LogP contribution >= 0.6 is 0 Å². The highest BCUT2D eigenvalue weighted by Crippen LogP contribution is 2.23. The van der Waals surface area contributed by atoms with E-state index in [0.717, 1.165) is 5.56 Å². The maximum Gasteiger partial charge on any atom is 0.344 e. The van der Waals surface area contributed by atoms with E-state index in [2.05, 4.69) is 0 Å². The number of hydrogen-bond acceptors (Lipinski definition) is 4. The molecule has 17 heavy (non-hydrogen) atoms. The van der Waals surface area contributed by atoms with Crippen molar-refractivity contribution < 1.29 is 19.4 Å². The summed E-state index contributed by atoms with van der Waals surface area (Å²) >= 11 is 0. The molecular formula is C13H18O4. The van der Waals surface area contributed by atoms with Crippen LogP contribution in [0.2, 0.25) is 0 Å². The molecule has 94 valence electrons. The Morgan fingerprint density at radius 2 is 2.12 bits per heavy atom. The zero-order valence-corrected chi connectivity index (χ0v) is 10.4. The number of ether oxygens (including phenoxy) is 2. The van der Waals surface area contributed by atoms with Crippen LogP contribution < -0.4 is 4.74 Å². The van der Waals surface area contributed by atoms with Crippen LogP contribution in [-0.4, -0.2) is 23.8 Å². The first-order valence-corrected chi connectivity index (χ1v) is 5.56. The molecule has 0 fully saturated rings. The topological polar surface area (TPSA) is 55.8 Å². The summed E-state index contributed by atoms with van der Waals surface area (Å²) in [6, 6.07) is 5.46. The van der Waals surface area contributed by atoms with Crippen molar-refractivity contribution in [3.8, 4) is 5.75 Å². The van der Waals surface area contributed by atoms with Gasteiger partial charge in [0.25, 0.3) is 0 Å². The van der Waals surface area contributed by atoms with Crippen molar-refractivity contribution in [3.63, 3.8) is 0 Å². The van der Waals surface area contributed by atoms with Crippen molar-refractivity contribution >= 4 is 5.97 Å². The molecule has 0 saturated carbocycles. The fraction of sp³-hybridized carbons (Fsp3) is 0.462. The molecule has 0 spiro atoms. The third kappa shape index (κ3) is 4.07. The molecule has 0 atom stereocenters. The summed E-state index contributed by atoms with van der Waals surface area (Å²) in [4.78, 5) is 11.3. The van der Waals surface area contributed by atoms with Gasteiger partial charge in [0.1, 0.15) is 5.75 Å². The van der Waals surface area contributed by atoms with Gasteiger partial charge in [0.05, 0.1) is 12.7 Å². The standard InChI is InChI=1S/C13H18O4/c1-9(2)17-12(15)8-16-13-10(3)5-4-6-11(13)7-14/h4-6,9,14H,7-8H2,1-3H3. The third-order valence-electron chi connectivity index (χ3n) is 2.17. The minimum absolute atomic E-state index is 0.115. The Morgan fingerprint density at radius 3 is 2.71 bits per heavy atom. The average Bonchev–Trinajstić information content (AvgIpc) is 2.26. The normalized spacial score (nSPS) is 10.4. The van der Waals surface area contributed by atoms with Gasteiger partial charge >= 0.3 is 5.97 Å². The smallest absolute Gasteiger partial charge is 0.344 e. The van der Waals surface area contributed by atoms with Gasteiger partial charge in [-0.15, -0.1) is 0 Å². The Kier molecular flexibility index (Phi) is 4.97. The first-order chi connectivity index (χ1) is 8.04. The van der Waals surface area contributed by atoms with Crippen molar-refractivity contribution in [2.45, 2.75) is 33.5 Å². The second kappa shape index (κ2) is 6.25.